The Hall–Kier alpha value is -1.99. The fourth-order valence-corrected chi connectivity index (χ4v) is 1.54. The van der Waals surface area contributed by atoms with Crippen molar-refractivity contribution in [2.24, 2.45) is 4.99 Å². The van der Waals surface area contributed by atoms with Gasteiger partial charge in [-0.15, -0.1) is 0 Å². The van der Waals surface area contributed by atoms with E-state index < -0.39 is 12.6 Å². The van der Waals surface area contributed by atoms with E-state index in [1.807, 2.05) is 13.0 Å². The van der Waals surface area contributed by atoms with Gasteiger partial charge in [0.2, 0.25) is 5.88 Å². The highest BCUT2D eigenvalue weighted by atomic mass is 19.4. The van der Waals surface area contributed by atoms with E-state index in [1.54, 1.807) is 12.3 Å². The summed E-state index contributed by atoms with van der Waals surface area (Å²) >= 11 is 0. The van der Waals surface area contributed by atoms with Crippen molar-refractivity contribution in [1.29, 1.82) is 0 Å². The van der Waals surface area contributed by atoms with Crippen molar-refractivity contribution in [3.63, 3.8) is 0 Å². The highest BCUT2D eigenvalue weighted by molar-refractivity contribution is 5.79. The number of nitrogens with zero attached hydrogens (tertiary/aromatic N) is 2. The first-order valence-corrected chi connectivity index (χ1v) is 7.03. The molecule has 0 aliphatic rings. The molecule has 0 unspecified atom stereocenters. The SMILES string of the molecule is CCCOc1ccc(CNC(=NC)NCCC(F)(F)F)cn1. The number of halogens is 3. The standard InChI is InChI=1S/C14H21F3N4O/c1-3-8-22-12-5-4-11(9-20-12)10-21-13(18-2)19-7-6-14(15,16)17/h4-5,9H,3,6-8,10H2,1-2H3,(H2,18,19,21). The lowest BCUT2D eigenvalue weighted by molar-refractivity contribution is -0.132. The zero-order valence-electron chi connectivity index (χ0n) is 12.7. The minimum absolute atomic E-state index is 0.217. The van der Waals surface area contributed by atoms with Crippen LogP contribution in [0.15, 0.2) is 23.3 Å². The Balaban J connectivity index is 2.36. The van der Waals surface area contributed by atoms with Crippen molar-refractivity contribution in [3.8, 4) is 5.88 Å². The van der Waals surface area contributed by atoms with E-state index in [0.29, 0.717) is 25.0 Å². The lowest BCUT2D eigenvalue weighted by Gasteiger charge is -2.13. The molecule has 0 amide bonds. The molecule has 0 spiro atoms. The summed E-state index contributed by atoms with van der Waals surface area (Å²) in [4.78, 5) is 8.01. The Morgan fingerprint density at radius 3 is 2.64 bits per heavy atom. The summed E-state index contributed by atoms with van der Waals surface area (Å²) in [6, 6.07) is 3.60. The van der Waals surface area contributed by atoms with Crippen LogP contribution in [-0.2, 0) is 6.54 Å². The average Bonchev–Trinajstić information content (AvgIpc) is 2.48. The summed E-state index contributed by atoms with van der Waals surface area (Å²) in [5, 5.41) is 5.53. The lowest BCUT2D eigenvalue weighted by Crippen LogP contribution is -2.38. The Labute approximate surface area is 128 Å². The molecule has 0 atom stereocenters. The first-order valence-electron chi connectivity index (χ1n) is 7.03. The smallest absolute Gasteiger partial charge is 0.390 e. The molecule has 0 radical (unpaired) electrons. The van der Waals surface area contributed by atoms with Gasteiger partial charge in [0.1, 0.15) is 0 Å². The number of guanidine groups is 1. The quantitative estimate of drug-likeness (QED) is 0.599. The largest absolute Gasteiger partial charge is 0.478 e. The zero-order chi connectivity index (χ0) is 16.4. The van der Waals surface area contributed by atoms with E-state index in [-0.39, 0.29) is 6.54 Å². The second kappa shape index (κ2) is 9.11. The molecule has 8 heteroatoms. The molecular formula is C14H21F3N4O. The first kappa shape index (κ1) is 18.1. The van der Waals surface area contributed by atoms with Crippen molar-refractivity contribution >= 4 is 5.96 Å². The molecule has 1 rings (SSSR count). The molecular weight excluding hydrogens is 297 g/mol. The second-order valence-corrected chi connectivity index (χ2v) is 4.57. The number of aliphatic imine (C=N–C) groups is 1. The molecule has 1 heterocycles. The summed E-state index contributed by atoms with van der Waals surface area (Å²) in [5.74, 6) is 0.869. The maximum Gasteiger partial charge on any atom is 0.390 e. The van der Waals surface area contributed by atoms with Crippen molar-refractivity contribution in [1.82, 2.24) is 15.6 Å². The fraction of sp³-hybridized carbons (Fsp3) is 0.571. The van der Waals surface area contributed by atoms with Gasteiger partial charge in [-0.3, -0.25) is 4.99 Å². The average molecular weight is 318 g/mol. The molecule has 1 aromatic rings. The molecule has 0 aromatic carbocycles. The highest BCUT2D eigenvalue weighted by Crippen LogP contribution is 2.18. The van der Waals surface area contributed by atoms with Gasteiger partial charge in [0.15, 0.2) is 5.96 Å². The van der Waals surface area contributed by atoms with Crippen LogP contribution in [0.25, 0.3) is 0 Å². The third kappa shape index (κ3) is 7.70. The summed E-state index contributed by atoms with van der Waals surface area (Å²) in [6.07, 6.45) is -2.52. The molecule has 0 aliphatic carbocycles. The molecule has 0 aliphatic heterocycles. The number of rotatable bonds is 7. The maximum atomic E-state index is 12.1. The maximum absolute atomic E-state index is 12.1. The number of pyridine rings is 1. The Morgan fingerprint density at radius 2 is 2.09 bits per heavy atom. The Bertz CT molecular complexity index is 460. The highest BCUT2D eigenvalue weighted by Gasteiger charge is 2.26. The third-order valence-corrected chi connectivity index (χ3v) is 2.64. The molecule has 0 bridgehead atoms. The van der Waals surface area contributed by atoms with Crippen LogP contribution in [0.2, 0.25) is 0 Å². The van der Waals surface area contributed by atoms with Crippen LogP contribution in [0, 0.1) is 0 Å². The van der Waals surface area contributed by atoms with E-state index in [1.165, 1.54) is 7.05 Å². The van der Waals surface area contributed by atoms with Gasteiger partial charge in [-0.1, -0.05) is 13.0 Å². The second-order valence-electron chi connectivity index (χ2n) is 4.57. The molecule has 124 valence electrons. The van der Waals surface area contributed by atoms with E-state index in [2.05, 4.69) is 20.6 Å². The lowest BCUT2D eigenvalue weighted by atomic mass is 10.3. The molecule has 0 saturated carbocycles. The molecule has 0 fully saturated rings. The number of aromatic nitrogens is 1. The minimum Gasteiger partial charge on any atom is -0.478 e. The fourth-order valence-electron chi connectivity index (χ4n) is 1.54. The molecule has 22 heavy (non-hydrogen) atoms. The third-order valence-electron chi connectivity index (χ3n) is 2.64. The molecule has 5 nitrogen and oxygen atoms in total. The van der Waals surface area contributed by atoms with E-state index in [9.17, 15) is 13.2 Å². The minimum atomic E-state index is -4.18. The van der Waals surface area contributed by atoms with Gasteiger partial charge in [0, 0.05) is 32.4 Å². The number of hydrogen-bond acceptors (Lipinski definition) is 3. The van der Waals surface area contributed by atoms with Crippen molar-refractivity contribution in [2.75, 3.05) is 20.2 Å². The number of alkyl halides is 3. The van der Waals surface area contributed by atoms with Gasteiger partial charge in [-0.2, -0.15) is 13.2 Å². The van der Waals surface area contributed by atoms with Crippen LogP contribution < -0.4 is 15.4 Å². The van der Waals surface area contributed by atoms with Crippen LogP contribution in [0.1, 0.15) is 25.3 Å². The van der Waals surface area contributed by atoms with Gasteiger partial charge in [0.25, 0.3) is 0 Å². The summed E-state index contributed by atoms with van der Waals surface area (Å²) in [6.45, 7) is 2.81. The molecule has 0 saturated heterocycles. The van der Waals surface area contributed by atoms with Gasteiger partial charge < -0.3 is 15.4 Å². The van der Waals surface area contributed by atoms with Gasteiger partial charge in [-0.05, 0) is 12.0 Å². The zero-order valence-corrected chi connectivity index (χ0v) is 12.7. The van der Waals surface area contributed by atoms with Crippen LogP contribution in [0.5, 0.6) is 5.88 Å². The van der Waals surface area contributed by atoms with Crippen LogP contribution in [0.4, 0.5) is 13.2 Å². The Morgan fingerprint density at radius 1 is 1.32 bits per heavy atom. The number of ether oxygens (including phenoxy) is 1. The van der Waals surface area contributed by atoms with Crippen LogP contribution >= 0.6 is 0 Å². The first-order chi connectivity index (χ1) is 10.4. The van der Waals surface area contributed by atoms with E-state index in [4.69, 9.17) is 4.74 Å². The molecule has 2 N–H and O–H groups in total. The van der Waals surface area contributed by atoms with E-state index >= 15 is 0 Å². The van der Waals surface area contributed by atoms with Gasteiger partial charge >= 0.3 is 6.18 Å². The predicted octanol–water partition coefficient (Wildman–Crippen LogP) is 2.49. The Kier molecular flexibility index (Phi) is 7.48. The monoisotopic (exact) mass is 318 g/mol. The molecule has 1 aromatic heterocycles. The van der Waals surface area contributed by atoms with E-state index in [0.717, 1.165) is 12.0 Å². The summed E-state index contributed by atoms with van der Waals surface area (Å²) in [5.41, 5.74) is 0.877. The number of nitrogens with one attached hydrogen (secondary N) is 2. The topological polar surface area (TPSA) is 58.5 Å². The normalized spacial score (nSPS) is 12.1. The van der Waals surface area contributed by atoms with Crippen molar-refractivity contribution in [3.05, 3.63) is 23.9 Å². The predicted molar refractivity (Wildman–Crippen MR) is 78.9 cm³/mol. The summed E-state index contributed by atoms with van der Waals surface area (Å²) in [7, 11) is 1.50. The van der Waals surface area contributed by atoms with Crippen molar-refractivity contribution < 1.29 is 17.9 Å². The van der Waals surface area contributed by atoms with Crippen LogP contribution in [-0.4, -0.2) is 37.3 Å². The van der Waals surface area contributed by atoms with Gasteiger partial charge in [-0.25, -0.2) is 4.98 Å². The van der Waals surface area contributed by atoms with Gasteiger partial charge in [0.05, 0.1) is 13.0 Å². The number of hydrogen-bond donors (Lipinski definition) is 2. The summed E-state index contributed by atoms with van der Waals surface area (Å²) < 4.78 is 41.6. The van der Waals surface area contributed by atoms with Crippen LogP contribution in [0.3, 0.4) is 0 Å². The van der Waals surface area contributed by atoms with Crippen molar-refractivity contribution in [2.45, 2.75) is 32.5 Å².